The van der Waals surface area contributed by atoms with E-state index in [-0.39, 0.29) is 17.5 Å². The highest BCUT2D eigenvalue weighted by atomic mass is 35.5. The Bertz CT molecular complexity index is 1080. The number of esters is 1. The van der Waals surface area contributed by atoms with Crippen molar-refractivity contribution in [2.24, 2.45) is 39.5 Å². The molecule has 4 aliphatic carbocycles. The van der Waals surface area contributed by atoms with Crippen molar-refractivity contribution in [3.05, 3.63) is 46.5 Å². The number of hydrogen-bond acceptors (Lipinski definition) is 4. The van der Waals surface area contributed by atoms with E-state index in [1.54, 1.807) is 12.5 Å². The number of carbonyl (C=O) groups is 1. The molecule has 0 amide bonds. The average Bonchev–Trinajstić information content (AvgIpc) is 3.22. The Kier molecular flexibility index (Phi) is 6.26. The fourth-order valence-electron chi connectivity index (χ4n) is 9.21. The second kappa shape index (κ2) is 9.19. The number of carbonyl (C=O) groups excluding carboxylic acids is 1. The molecule has 1 aromatic carbocycles. The van der Waals surface area contributed by atoms with Gasteiger partial charge in [0.05, 0.1) is 12.6 Å². The van der Waals surface area contributed by atoms with Crippen molar-refractivity contribution in [2.45, 2.75) is 90.7 Å². The first kappa shape index (κ1) is 24.5. The Morgan fingerprint density at radius 3 is 2.58 bits per heavy atom. The van der Waals surface area contributed by atoms with Crippen LogP contribution < -0.4 is 0 Å². The quantitative estimate of drug-likeness (QED) is 0.315. The maximum atomic E-state index is 11.6. The summed E-state index contributed by atoms with van der Waals surface area (Å²) in [6, 6.07) is 8.24. The van der Waals surface area contributed by atoms with Gasteiger partial charge in [0.15, 0.2) is 0 Å². The molecule has 1 aromatic rings. The SMILES string of the molecule is CC(=O)O[C@H]1CC[C@@]2(C)C(=CC[C@H]3[C@@H]4CC[C@H]([C@@H]5CCOC(c6ccc(Cl)cc6)=N5)[C@@]4(C)CC[C@@H]32)C1. The highest BCUT2D eigenvalue weighted by Crippen LogP contribution is 2.67. The Morgan fingerprint density at radius 2 is 1.81 bits per heavy atom. The van der Waals surface area contributed by atoms with Gasteiger partial charge in [0.25, 0.3) is 0 Å². The minimum absolute atomic E-state index is 0.0734. The molecule has 0 spiro atoms. The molecule has 194 valence electrons. The van der Waals surface area contributed by atoms with Gasteiger partial charge in [-0.1, -0.05) is 37.1 Å². The van der Waals surface area contributed by atoms with E-state index in [9.17, 15) is 4.79 Å². The number of hydrogen-bond donors (Lipinski definition) is 0. The molecule has 4 nitrogen and oxygen atoms in total. The largest absolute Gasteiger partial charge is 0.477 e. The second-order valence-corrected chi connectivity index (χ2v) is 13.0. The Morgan fingerprint density at radius 1 is 1.03 bits per heavy atom. The summed E-state index contributed by atoms with van der Waals surface area (Å²) >= 11 is 6.11. The summed E-state index contributed by atoms with van der Waals surface area (Å²) in [5, 5.41) is 0.743. The highest BCUT2D eigenvalue weighted by molar-refractivity contribution is 6.30. The van der Waals surface area contributed by atoms with Crippen LogP contribution in [0.1, 0.15) is 84.1 Å². The topological polar surface area (TPSA) is 47.9 Å². The van der Waals surface area contributed by atoms with Gasteiger partial charge in [-0.3, -0.25) is 4.79 Å². The molecule has 3 saturated carbocycles. The number of allylic oxidation sites excluding steroid dienone is 1. The van der Waals surface area contributed by atoms with Crippen molar-refractivity contribution in [3.8, 4) is 0 Å². The maximum Gasteiger partial charge on any atom is 0.302 e. The molecular weight excluding hydrogens is 470 g/mol. The van der Waals surface area contributed by atoms with Gasteiger partial charge in [0.2, 0.25) is 5.90 Å². The molecule has 0 aromatic heterocycles. The third-order valence-corrected chi connectivity index (χ3v) is 11.2. The number of nitrogens with zero attached hydrogens (tertiary/aromatic N) is 1. The van der Waals surface area contributed by atoms with Gasteiger partial charge in [-0.05, 0) is 104 Å². The van der Waals surface area contributed by atoms with Crippen molar-refractivity contribution in [1.29, 1.82) is 0 Å². The molecule has 0 saturated heterocycles. The van der Waals surface area contributed by atoms with Gasteiger partial charge < -0.3 is 9.47 Å². The van der Waals surface area contributed by atoms with Crippen molar-refractivity contribution >= 4 is 23.5 Å². The van der Waals surface area contributed by atoms with Gasteiger partial charge in [-0.15, -0.1) is 0 Å². The average molecular weight is 510 g/mol. The minimum atomic E-state index is -0.140. The lowest BCUT2D eigenvalue weighted by molar-refractivity contribution is -0.148. The third-order valence-electron chi connectivity index (χ3n) is 11.0. The molecule has 1 aliphatic heterocycles. The van der Waals surface area contributed by atoms with E-state index in [0.29, 0.717) is 17.4 Å². The van der Waals surface area contributed by atoms with Gasteiger partial charge in [-0.25, -0.2) is 4.99 Å². The first-order valence-electron chi connectivity index (χ1n) is 14.1. The van der Waals surface area contributed by atoms with E-state index in [4.69, 9.17) is 26.1 Å². The smallest absolute Gasteiger partial charge is 0.302 e. The summed E-state index contributed by atoms with van der Waals surface area (Å²) in [6.07, 6.45) is 13.2. The van der Waals surface area contributed by atoms with E-state index in [1.165, 1.54) is 32.1 Å². The van der Waals surface area contributed by atoms with Crippen LogP contribution >= 0.6 is 11.6 Å². The van der Waals surface area contributed by atoms with Gasteiger partial charge in [0, 0.05) is 30.4 Å². The van der Waals surface area contributed by atoms with Crippen LogP contribution in [-0.4, -0.2) is 30.6 Å². The normalized spacial score (nSPS) is 41.7. The van der Waals surface area contributed by atoms with E-state index < -0.39 is 0 Å². The lowest BCUT2D eigenvalue weighted by Gasteiger charge is -2.58. The Balaban J connectivity index is 1.22. The monoisotopic (exact) mass is 509 g/mol. The second-order valence-electron chi connectivity index (χ2n) is 12.6. The summed E-state index contributed by atoms with van der Waals surface area (Å²) in [4.78, 5) is 16.8. The summed E-state index contributed by atoms with van der Waals surface area (Å²) in [5.74, 6) is 3.60. The molecule has 0 unspecified atom stereocenters. The summed E-state index contributed by atoms with van der Waals surface area (Å²) in [6.45, 7) is 7.41. The molecule has 8 atom stereocenters. The molecule has 5 aliphatic rings. The number of benzene rings is 1. The number of ether oxygens (including phenoxy) is 2. The zero-order valence-corrected chi connectivity index (χ0v) is 22.7. The van der Waals surface area contributed by atoms with Crippen molar-refractivity contribution in [2.75, 3.05) is 6.61 Å². The van der Waals surface area contributed by atoms with E-state index in [2.05, 4.69) is 19.9 Å². The van der Waals surface area contributed by atoms with Crippen LogP contribution in [0, 0.1) is 34.5 Å². The standard InChI is InChI=1S/C31H40ClNO3/c1-19(34)36-23-12-15-30(2)21(18-23)6-9-24-25-10-11-27(31(25,3)16-13-26(24)30)28-14-17-35-29(33-28)20-4-7-22(32)8-5-20/h4-8,23-28H,9-18H2,1-3H3/t23-,24-,25-,26-,27+,28-,30-,31-/m0/s1. The summed E-state index contributed by atoms with van der Waals surface area (Å²) in [5.41, 5.74) is 3.24. The van der Waals surface area contributed by atoms with E-state index >= 15 is 0 Å². The number of aliphatic imine (C=N–C) groups is 1. The fraction of sp³-hybridized carbons (Fsp3) is 0.677. The summed E-state index contributed by atoms with van der Waals surface area (Å²) < 4.78 is 11.6. The number of fused-ring (bicyclic) bond motifs is 5. The highest BCUT2D eigenvalue weighted by Gasteiger charge is 2.60. The predicted octanol–water partition coefficient (Wildman–Crippen LogP) is 7.39. The molecule has 1 heterocycles. The molecule has 36 heavy (non-hydrogen) atoms. The van der Waals surface area contributed by atoms with Crippen LogP contribution in [0.2, 0.25) is 5.02 Å². The first-order chi connectivity index (χ1) is 17.3. The van der Waals surface area contributed by atoms with Crippen LogP contribution in [0.3, 0.4) is 0 Å². The van der Waals surface area contributed by atoms with E-state index in [0.717, 1.165) is 66.5 Å². The van der Waals surface area contributed by atoms with Gasteiger partial charge >= 0.3 is 5.97 Å². The summed E-state index contributed by atoms with van der Waals surface area (Å²) in [7, 11) is 0. The zero-order chi connectivity index (χ0) is 25.1. The first-order valence-corrected chi connectivity index (χ1v) is 14.5. The van der Waals surface area contributed by atoms with Crippen molar-refractivity contribution in [3.63, 3.8) is 0 Å². The zero-order valence-electron chi connectivity index (χ0n) is 22.0. The van der Waals surface area contributed by atoms with Crippen LogP contribution in [0.15, 0.2) is 40.9 Å². The van der Waals surface area contributed by atoms with Crippen molar-refractivity contribution in [1.82, 2.24) is 0 Å². The predicted molar refractivity (Wildman–Crippen MR) is 143 cm³/mol. The lowest BCUT2D eigenvalue weighted by atomic mass is 9.47. The van der Waals surface area contributed by atoms with Crippen molar-refractivity contribution < 1.29 is 14.3 Å². The molecule has 0 radical (unpaired) electrons. The molecule has 0 N–H and O–H groups in total. The van der Waals surface area contributed by atoms with Crippen LogP contribution in [0.5, 0.6) is 0 Å². The third kappa shape index (κ3) is 4.03. The van der Waals surface area contributed by atoms with Crippen LogP contribution in [0.4, 0.5) is 0 Å². The van der Waals surface area contributed by atoms with Gasteiger partial charge in [0.1, 0.15) is 6.10 Å². The molecule has 3 fully saturated rings. The fourth-order valence-corrected chi connectivity index (χ4v) is 9.33. The molecule has 6 rings (SSSR count). The van der Waals surface area contributed by atoms with Crippen LogP contribution in [0.25, 0.3) is 0 Å². The van der Waals surface area contributed by atoms with Crippen LogP contribution in [-0.2, 0) is 14.3 Å². The molecule has 0 bridgehead atoms. The number of rotatable bonds is 3. The Labute approximate surface area is 220 Å². The minimum Gasteiger partial charge on any atom is -0.477 e. The molecule has 5 heteroatoms. The lowest BCUT2D eigenvalue weighted by Crippen LogP contribution is -2.51. The molecular formula is C31H40ClNO3. The maximum absolute atomic E-state index is 11.6. The van der Waals surface area contributed by atoms with E-state index in [1.807, 2.05) is 24.3 Å². The Hall–Kier alpha value is -1.81. The van der Waals surface area contributed by atoms with Gasteiger partial charge in [-0.2, -0.15) is 0 Å². The number of halogens is 1.